The van der Waals surface area contributed by atoms with Gasteiger partial charge in [-0.25, -0.2) is 27.2 Å². The van der Waals surface area contributed by atoms with E-state index in [0.717, 1.165) is 17.7 Å². The molecule has 1 aliphatic heterocycles. The van der Waals surface area contributed by atoms with Crippen LogP contribution in [0.3, 0.4) is 0 Å². The van der Waals surface area contributed by atoms with Crippen LogP contribution in [0.1, 0.15) is 50.1 Å². The molecule has 13 heteroatoms. The maximum Gasteiger partial charge on any atom is 0.168 e. The van der Waals surface area contributed by atoms with Crippen molar-refractivity contribution < 1.29 is 31.4 Å². The molecule has 0 spiro atoms. The number of methoxy groups -OCH3 is 1. The van der Waals surface area contributed by atoms with Crippen molar-refractivity contribution in [3.8, 4) is 17.1 Å². The van der Waals surface area contributed by atoms with E-state index in [4.69, 9.17) is 14.2 Å². The van der Waals surface area contributed by atoms with Gasteiger partial charge < -0.3 is 18.8 Å². The van der Waals surface area contributed by atoms with E-state index in [9.17, 15) is 17.2 Å². The Kier molecular flexibility index (Phi) is 7.85. The zero-order chi connectivity index (χ0) is 26.9. The number of nitrogens with zero attached hydrogens (tertiary/aromatic N) is 5. The predicted octanol–water partition coefficient (Wildman–Crippen LogP) is 3.37. The zero-order valence-corrected chi connectivity index (χ0v) is 22.0. The third kappa shape index (κ3) is 5.63. The van der Waals surface area contributed by atoms with Gasteiger partial charge in [0.2, 0.25) is 0 Å². The van der Waals surface area contributed by atoms with Crippen molar-refractivity contribution in [3.05, 3.63) is 53.4 Å². The van der Waals surface area contributed by atoms with Crippen molar-refractivity contribution >= 4 is 9.84 Å². The Bertz CT molecular complexity index is 1360. The van der Waals surface area contributed by atoms with Gasteiger partial charge in [-0.1, -0.05) is 0 Å². The number of aryl methyl sites for hydroxylation is 1. The lowest BCUT2D eigenvalue weighted by atomic mass is 10.1. The lowest BCUT2D eigenvalue weighted by Crippen LogP contribution is -2.32. The molecule has 0 N–H and O–H groups in total. The van der Waals surface area contributed by atoms with Crippen molar-refractivity contribution in [1.82, 2.24) is 24.7 Å². The van der Waals surface area contributed by atoms with Crippen molar-refractivity contribution in [3.63, 3.8) is 0 Å². The minimum absolute atomic E-state index is 0.00977. The van der Waals surface area contributed by atoms with E-state index >= 15 is 0 Å². The third-order valence-corrected chi connectivity index (χ3v) is 8.02. The second-order valence-electron chi connectivity index (χ2n) is 9.23. The zero-order valence-electron chi connectivity index (χ0n) is 21.2. The van der Waals surface area contributed by atoms with Gasteiger partial charge in [-0.15, -0.1) is 10.2 Å². The molecule has 0 bridgehead atoms. The summed E-state index contributed by atoms with van der Waals surface area (Å²) in [6.07, 6.45) is 2.00. The van der Waals surface area contributed by atoms with Crippen LogP contribution in [-0.4, -0.2) is 64.8 Å². The maximum atomic E-state index is 14.1. The van der Waals surface area contributed by atoms with Crippen molar-refractivity contribution in [1.29, 1.82) is 0 Å². The maximum absolute atomic E-state index is 14.1. The third-order valence-electron chi connectivity index (χ3n) is 5.98. The van der Waals surface area contributed by atoms with Crippen LogP contribution >= 0.6 is 0 Å². The number of benzene rings is 1. The summed E-state index contributed by atoms with van der Waals surface area (Å²) in [5.74, 6) is -2.05. The molecule has 1 aliphatic rings. The second-order valence-corrected chi connectivity index (χ2v) is 11.6. The Labute approximate surface area is 213 Å². The normalized spacial score (nSPS) is 17.0. The number of sulfone groups is 1. The first-order chi connectivity index (χ1) is 17.5. The molecule has 200 valence electrons. The van der Waals surface area contributed by atoms with Crippen molar-refractivity contribution in [2.24, 2.45) is 0 Å². The number of rotatable bonds is 9. The van der Waals surface area contributed by atoms with Crippen LogP contribution in [-0.2, 0) is 25.1 Å². The van der Waals surface area contributed by atoms with Crippen LogP contribution in [0.5, 0.6) is 5.75 Å². The van der Waals surface area contributed by atoms with E-state index in [-0.39, 0.29) is 48.1 Å². The molecule has 3 aromatic rings. The van der Waals surface area contributed by atoms with Crippen LogP contribution in [0.4, 0.5) is 8.78 Å². The molecule has 0 radical (unpaired) electrons. The quantitative estimate of drug-likeness (QED) is 0.405. The van der Waals surface area contributed by atoms with Gasteiger partial charge >= 0.3 is 0 Å². The molecule has 4 rings (SSSR count). The van der Waals surface area contributed by atoms with E-state index in [0.29, 0.717) is 0 Å². The summed E-state index contributed by atoms with van der Waals surface area (Å²) >= 11 is 0. The standard InChI is InChI=1S/C24H29F2N5O5S/c1-13(2)36-22(23-27-8-14(3)9-28-23)15(4)37(32,33)12-21-29-30-24-17-6-18(25)19(26)7-20(17)35-11-16(10-34-5)31(21)24/h6-9,13,15-16,22H,10-12H2,1-5H3/t15-,16+,22+/m0/s1. The average molecular weight is 538 g/mol. The van der Waals surface area contributed by atoms with E-state index in [1.165, 1.54) is 14.0 Å². The van der Waals surface area contributed by atoms with E-state index in [1.54, 1.807) is 30.8 Å². The van der Waals surface area contributed by atoms with Gasteiger partial charge in [0.05, 0.1) is 29.6 Å². The molecule has 0 fully saturated rings. The molecule has 3 atom stereocenters. The molecule has 0 amide bonds. The average Bonchev–Trinajstić information content (AvgIpc) is 3.18. The first-order valence-corrected chi connectivity index (χ1v) is 13.4. The molecule has 37 heavy (non-hydrogen) atoms. The Hall–Kier alpha value is -3.03. The molecule has 0 unspecified atom stereocenters. The smallest absolute Gasteiger partial charge is 0.168 e. The summed E-state index contributed by atoms with van der Waals surface area (Å²) in [5, 5.41) is 7.23. The van der Waals surface area contributed by atoms with E-state index in [1.807, 2.05) is 6.92 Å². The van der Waals surface area contributed by atoms with E-state index in [2.05, 4.69) is 20.2 Å². The summed E-state index contributed by atoms with van der Waals surface area (Å²) in [4.78, 5) is 8.58. The Morgan fingerprint density at radius 3 is 2.46 bits per heavy atom. The lowest BCUT2D eigenvalue weighted by molar-refractivity contribution is 0.00140. The highest BCUT2D eigenvalue weighted by atomic mass is 32.2. The number of ether oxygens (including phenoxy) is 3. The number of aromatic nitrogens is 5. The molecule has 10 nitrogen and oxygen atoms in total. The highest BCUT2D eigenvalue weighted by Gasteiger charge is 2.37. The van der Waals surface area contributed by atoms with E-state index < -0.39 is 44.6 Å². The largest absolute Gasteiger partial charge is 0.490 e. The molecule has 0 saturated carbocycles. The number of fused-ring (bicyclic) bond motifs is 3. The number of halogens is 2. The van der Waals surface area contributed by atoms with Crippen LogP contribution in [0.25, 0.3) is 11.4 Å². The Morgan fingerprint density at radius 1 is 1.14 bits per heavy atom. The molecular formula is C24H29F2N5O5S. The van der Waals surface area contributed by atoms with Crippen LogP contribution in [0, 0.1) is 18.6 Å². The fourth-order valence-electron chi connectivity index (χ4n) is 4.11. The van der Waals surface area contributed by atoms with Crippen LogP contribution < -0.4 is 4.74 Å². The van der Waals surface area contributed by atoms with Gasteiger partial charge in [0.25, 0.3) is 0 Å². The molecular weight excluding hydrogens is 508 g/mol. The SMILES string of the molecule is COC[C@@H]1COc2cc(F)c(F)cc2-c2nnc(CS(=O)(=O)[C@@H](C)[C@@H](OC(C)C)c3ncc(C)cn3)n21. The highest BCUT2D eigenvalue weighted by molar-refractivity contribution is 7.91. The molecule has 2 aromatic heterocycles. The van der Waals surface area contributed by atoms with Crippen molar-refractivity contribution in [2.45, 2.75) is 56.9 Å². The molecule has 3 heterocycles. The Balaban J connectivity index is 1.73. The molecule has 1 aromatic carbocycles. The fourth-order valence-corrected chi connectivity index (χ4v) is 5.49. The summed E-state index contributed by atoms with van der Waals surface area (Å²) < 4.78 is 73.8. The predicted molar refractivity (Wildman–Crippen MR) is 130 cm³/mol. The minimum atomic E-state index is -3.91. The number of hydrogen-bond donors (Lipinski definition) is 0. The fraction of sp³-hybridized carbons (Fsp3) is 0.500. The van der Waals surface area contributed by atoms with Crippen molar-refractivity contribution in [2.75, 3.05) is 20.3 Å². The summed E-state index contributed by atoms with van der Waals surface area (Å²) in [7, 11) is -2.42. The lowest BCUT2D eigenvalue weighted by Gasteiger charge is -2.25. The second kappa shape index (κ2) is 10.8. The Morgan fingerprint density at radius 2 is 1.81 bits per heavy atom. The molecule has 0 aliphatic carbocycles. The van der Waals surface area contributed by atoms with Gasteiger partial charge in [-0.3, -0.25) is 0 Å². The van der Waals surface area contributed by atoms with Crippen LogP contribution in [0.2, 0.25) is 0 Å². The summed E-state index contributed by atoms with van der Waals surface area (Å²) in [6, 6.07) is 1.35. The number of hydrogen-bond acceptors (Lipinski definition) is 9. The minimum Gasteiger partial charge on any atom is -0.490 e. The van der Waals surface area contributed by atoms with Gasteiger partial charge in [0, 0.05) is 25.6 Å². The topological polar surface area (TPSA) is 118 Å². The van der Waals surface area contributed by atoms with Gasteiger partial charge in [-0.2, -0.15) is 0 Å². The summed E-state index contributed by atoms with van der Waals surface area (Å²) in [5.41, 5.74) is 0.993. The summed E-state index contributed by atoms with van der Waals surface area (Å²) in [6.45, 7) is 7.10. The van der Waals surface area contributed by atoms with Crippen LogP contribution in [0.15, 0.2) is 24.5 Å². The van der Waals surface area contributed by atoms with Gasteiger partial charge in [0.1, 0.15) is 30.0 Å². The first-order valence-electron chi connectivity index (χ1n) is 11.7. The first kappa shape index (κ1) is 27.0. The van der Waals surface area contributed by atoms with Gasteiger partial charge in [-0.05, 0) is 39.3 Å². The molecule has 0 saturated heterocycles. The highest BCUT2D eigenvalue weighted by Crippen LogP contribution is 2.37. The monoisotopic (exact) mass is 537 g/mol. The van der Waals surface area contributed by atoms with Gasteiger partial charge in [0.15, 0.2) is 33.1 Å².